The number of fused-ring (bicyclic) bond motifs is 4. The van der Waals surface area contributed by atoms with Crippen LogP contribution in [0.4, 0.5) is 18.7 Å². The number of aryl methyl sites for hydroxylation is 1. The molecule has 5 aromatic rings. The topological polar surface area (TPSA) is 71.5 Å². The first-order chi connectivity index (χ1) is 21.9. The summed E-state index contributed by atoms with van der Waals surface area (Å²) in [5.41, 5.74) is 6.93. The second kappa shape index (κ2) is 11.9. The highest BCUT2D eigenvalue weighted by molar-refractivity contribution is 7.15. The van der Waals surface area contributed by atoms with Crippen molar-refractivity contribution in [1.82, 2.24) is 9.88 Å². The van der Waals surface area contributed by atoms with Crippen LogP contribution in [-0.2, 0) is 28.9 Å². The first-order valence-electron chi connectivity index (χ1n) is 14.8. The molecule has 0 saturated heterocycles. The van der Waals surface area contributed by atoms with Gasteiger partial charge >= 0.3 is 6.09 Å². The SMILES string of the molecule is Cc1nc(NC(=O)C2Cc3ccccc3CN2C(=O)OCC2c3ccccc3-c3ccccc32)sc1Cc1c(F)cccc1F. The maximum atomic E-state index is 14.3. The molecule has 2 aliphatic rings. The van der Waals surface area contributed by atoms with Crippen molar-refractivity contribution in [2.24, 2.45) is 0 Å². The summed E-state index contributed by atoms with van der Waals surface area (Å²) in [4.78, 5) is 34.0. The molecule has 45 heavy (non-hydrogen) atoms. The van der Waals surface area contributed by atoms with Gasteiger partial charge in [-0.05, 0) is 52.4 Å². The van der Waals surface area contributed by atoms with Crippen molar-refractivity contribution in [2.75, 3.05) is 11.9 Å². The number of thiazole rings is 1. The summed E-state index contributed by atoms with van der Waals surface area (Å²) in [6, 6.07) is 26.9. The fourth-order valence-corrected chi connectivity index (χ4v) is 7.30. The highest BCUT2D eigenvalue weighted by Crippen LogP contribution is 2.44. The summed E-state index contributed by atoms with van der Waals surface area (Å²) in [5.74, 6) is -1.78. The van der Waals surface area contributed by atoms with E-state index in [0.29, 0.717) is 22.1 Å². The Morgan fingerprint density at radius 1 is 0.889 bits per heavy atom. The summed E-state index contributed by atoms with van der Waals surface area (Å²) >= 11 is 1.16. The van der Waals surface area contributed by atoms with Crippen LogP contribution < -0.4 is 5.32 Å². The molecule has 0 saturated carbocycles. The average molecular weight is 622 g/mol. The third-order valence-electron chi connectivity index (χ3n) is 8.64. The number of benzene rings is 4. The van der Waals surface area contributed by atoms with E-state index in [1.165, 1.54) is 23.1 Å². The predicted octanol–water partition coefficient (Wildman–Crippen LogP) is 7.64. The van der Waals surface area contributed by atoms with Crippen molar-refractivity contribution in [1.29, 1.82) is 0 Å². The number of rotatable bonds is 6. The van der Waals surface area contributed by atoms with Gasteiger partial charge in [-0.3, -0.25) is 9.69 Å². The van der Waals surface area contributed by atoms with E-state index < -0.39 is 29.7 Å². The van der Waals surface area contributed by atoms with E-state index in [1.807, 2.05) is 48.5 Å². The van der Waals surface area contributed by atoms with E-state index in [1.54, 1.807) is 6.92 Å². The quantitative estimate of drug-likeness (QED) is 0.212. The summed E-state index contributed by atoms with van der Waals surface area (Å²) in [6.07, 6.45) is -0.248. The van der Waals surface area contributed by atoms with Gasteiger partial charge in [0.15, 0.2) is 5.13 Å². The van der Waals surface area contributed by atoms with Crippen LogP contribution in [0.2, 0.25) is 0 Å². The van der Waals surface area contributed by atoms with Crippen molar-refractivity contribution in [3.8, 4) is 11.1 Å². The lowest BCUT2D eigenvalue weighted by Crippen LogP contribution is -2.51. The number of anilines is 1. The molecule has 1 atom stereocenters. The van der Waals surface area contributed by atoms with Crippen LogP contribution in [0.1, 0.15) is 44.3 Å². The molecule has 1 aromatic heterocycles. The Kier molecular flexibility index (Phi) is 7.63. The number of aromatic nitrogens is 1. The lowest BCUT2D eigenvalue weighted by Gasteiger charge is -2.35. The highest BCUT2D eigenvalue weighted by atomic mass is 32.1. The van der Waals surface area contributed by atoms with E-state index in [2.05, 4.69) is 34.6 Å². The third-order valence-corrected chi connectivity index (χ3v) is 9.72. The molecule has 0 bridgehead atoms. The van der Waals surface area contributed by atoms with Crippen LogP contribution in [0, 0.1) is 18.6 Å². The summed E-state index contributed by atoms with van der Waals surface area (Å²) in [7, 11) is 0. The Balaban J connectivity index is 1.10. The molecule has 6 nitrogen and oxygen atoms in total. The molecular weight excluding hydrogens is 592 g/mol. The molecule has 0 fully saturated rings. The van der Waals surface area contributed by atoms with Crippen LogP contribution in [-0.4, -0.2) is 34.5 Å². The third kappa shape index (κ3) is 5.48. The Hall–Kier alpha value is -4.89. The minimum absolute atomic E-state index is 0.0144. The van der Waals surface area contributed by atoms with Gasteiger partial charge in [-0.15, -0.1) is 11.3 Å². The molecule has 226 valence electrons. The van der Waals surface area contributed by atoms with Gasteiger partial charge in [-0.25, -0.2) is 18.6 Å². The Labute approximate surface area is 263 Å². The van der Waals surface area contributed by atoms with Gasteiger partial charge in [0.25, 0.3) is 0 Å². The number of halogens is 2. The van der Waals surface area contributed by atoms with Gasteiger partial charge in [0.1, 0.15) is 24.3 Å². The van der Waals surface area contributed by atoms with E-state index >= 15 is 0 Å². The van der Waals surface area contributed by atoms with Crippen LogP contribution in [0.5, 0.6) is 0 Å². The Bertz CT molecular complexity index is 1870. The van der Waals surface area contributed by atoms with Gasteiger partial charge < -0.3 is 10.1 Å². The second-order valence-electron chi connectivity index (χ2n) is 11.3. The Morgan fingerprint density at radius 2 is 1.51 bits per heavy atom. The molecule has 0 radical (unpaired) electrons. The zero-order chi connectivity index (χ0) is 31.1. The molecule has 2 heterocycles. The fourth-order valence-electron chi connectivity index (χ4n) is 6.32. The minimum Gasteiger partial charge on any atom is -0.448 e. The van der Waals surface area contributed by atoms with Crippen molar-refractivity contribution in [3.63, 3.8) is 0 Å². The summed E-state index contributed by atoms with van der Waals surface area (Å²) in [6.45, 7) is 2.10. The fraction of sp³-hybridized carbons (Fsp3) is 0.194. The number of hydrogen-bond donors (Lipinski definition) is 1. The van der Waals surface area contributed by atoms with Gasteiger partial charge in [-0.2, -0.15) is 0 Å². The monoisotopic (exact) mass is 621 g/mol. The van der Waals surface area contributed by atoms with E-state index in [4.69, 9.17) is 4.74 Å². The normalized spacial score (nSPS) is 15.3. The molecule has 4 aromatic carbocycles. The number of carbonyl (C=O) groups is 2. The van der Waals surface area contributed by atoms with Crippen LogP contribution >= 0.6 is 11.3 Å². The van der Waals surface area contributed by atoms with Crippen molar-refractivity contribution >= 4 is 28.5 Å². The number of carbonyl (C=O) groups excluding carboxylic acids is 2. The molecule has 9 heteroatoms. The largest absolute Gasteiger partial charge is 0.448 e. The molecule has 7 rings (SSSR count). The summed E-state index contributed by atoms with van der Waals surface area (Å²) < 4.78 is 34.6. The second-order valence-corrected chi connectivity index (χ2v) is 12.4. The lowest BCUT2D eigenvalue weighted by molar-refractivity contribution is -0.121. The molecule has 1 unspecified atom stereocenters. The zero-order valence-corrected chi connectivity index (χ0v) is 25.2. The zero-order valence-electron chi connectivity index (χ0n) is 24.4. The number of hydrogen-bond acceptors (Lipinski definition) is 5. The van der Waals surface area contributed by atoms with Crippen LogP contribution in [0.25, 0.3) is 11.1 Å². The number of amides is 2. The minimum atomic E-state index is -0.841. The molecule has 1 N–H and O–H groups in total. The van der Waals surface area contributed by atoms with Crippen molar-refractivity contribution < 1.29 is 23.1 Å². The van der Waals surface area contributed by atoms with Gasteiger partial charge in [0.2, 0.25) is 5.91 Å². The van der Waals surface area contributed by atoms with E-state index in [-0.39, 0.29) is 31.1 Å². The van der Waals surface area contributed by atoms with E-state index in [9.17, 15) is 18.4 Å². The maximum Gasteiger partial charge on any atom is 0.410 e. The number of ether oxygens (including phenoxy) is 1. The predicted molar refractivity (Wildman–Crippen MR) is 169 cm³/mol. The first kappa shape index (κ1) is 28.9. The van der Waals surface area contributed by atoms with Gasteiger partial charge in [0, 0.05) is 29.2 Å². The molecule has 2 amide bonds. The van der Waals surface area contributed by atoms with Crippen molar-refractivity contribution in [2.45, 2.75) is 38.3 Å². The molecular formula is C36H29F2N3O3S. The summed E-state index contributed by atoms with van der Waals surface area (Å²) in [5, 5.41) is 3.16. The highest BCUT2D eigenvalue weighted by Gasteiger charge is 2.37. The first-order valence-corrected chi connectivity index (χ1v) is 15.6. The van der Waals surface area contributed by atoms with Gasteiger partial charge in [-0.1, -0.05) is 78.9 Å². The van der Waals surface area contributed by atoms with Crippen LogP contribution in [0.15, 0.2) is 91.0 Å². The molecule has 0 spiro atoms. The maximum absolute atomic E-state index is 14.3. The lowest BCUT2D eigenvalue weighted by atomic mass is 9.94. The smallest absolute Gasteiger partial charge is 0.410 e. The number of nitrogens with one attached hydrogen (secondary N) is 1. The van der Waals surface area contributed by atoms with Gasteiger partial charge in [0.05, 0.1) is 12.2 Å². The standard InChI is InChI=1S/C36H29F2N3O3S/c1-21-33(18-28-30(37)15-8-16-31(28)38)45-35(39-21)40-34(42)32-17-22-9-2-3-10-23(22)19-41(32)36(43)44-20-29-26-13-6-4-11-24(26)25-12-5-7-14-27(25)29/h2-16,29,32H,17-20H2,1H3,(H,39,40,42). The van der Waals surface area contributed by atoms with E-state index in [0.717, 1.165) is 44.7 Å². The average Bonchev–Trinajstić information content (AvgIpc) is 3.56. The molecule has 1 aliphatic heterocycles. The van der Waals surface area contributed by atoms with Crippen molar-refractivity contribution in [3.05, 3.63) is 141 Å². The van der Waals surface area contributed by atoms with Crippen LogP contribution in [0.3, 0.4) is 0 Å². The Morgan fingerprint density at radius 3 is 2.20 bits per heavy atom. The molecule has 1 aliphatic carbocycles. The number of nitrogens with zero attached hydrogens (tertiary/aromatic N) is 2.